The number of rotatable bonds is 7. The van der Waals surface area contributed by atoms with Crippen molar-refractivity contribution < 1.29 is 31.5 Å². The third kappa shape index (κ3) is 5.51. The Kier molecular flexibility index (Phi) is 6.56. The number of aromatic nitrogens is 4. The molecule has 0 aliphatic heterocycles. The van der Waals surface area contributed by atoms with E-state index in [-0.39, 0.29) is 33.6 Å². The van der Waals surface area contributed by atoms with Gasteiger partial charge in [0.25, 0.3) is 5.91 Å². The van der Waals surface area contributed by atoms with E-state index in [9.17, 15) is 26.7 Å². The van der Waals surface area contributed by atoms with E-state index in [1.165, 1.54) is 22.9 Å². The maximum Gasteiger partial charge on any atom is 0.416 e. The van der Waals surface area contributed by atoms with Gasteiger partial charge in [-0.25, -0.2) is 9.97 Å². The van der Waals surface area contributed by atoms with Gasteiger partial charge >= 0.3 is 12.8 Å². The number of carbonyl (C=O) groups excluding carboxylic acids is 1. The van der Waals surface area contributed by atoms with Crippen LogP contribution >= 0.6 is 15.9 Å². The summed E-state index contributed by atoms with van der Waals surface area (Å²) in [5.41, 5.74) is -0.509. The van der Waals surface area contributed by atoms with Gasteiger partial charge in [0, 0.05) is 5.56 Å². The van der Waals surface area contributed by atoms with Crippen LogP contribution in [0.15, 0.2) is 41.3 Å². The summed E-state index contributed by atoms with van der Waals surface area (Å²) in [6.45, 7) is -1.43. The number of pyridine rings is 1. The molecule has 34 heavy (non-hydrogen) atoms. The lowest BCUT2D eigenvalue weighted by molar-refractivity contribution is -0.137. The molecule has 4 rings (SSSR count). The Balaban J connectivity index is 1.57. The highest BCUT2D eigenvalue weighted by Gasteiger charge is 2.34. The van der Waals surface area contributed by atoms with E-state index in [1.807, 2.05) is 0 Å². The summed E-state index contributed by atoms with van der Waals surface area (Å²) in [6.07, 6.45) is -1.94. The second-order valence-electron chi connectivity index (χ2n) is 7.69. The van der Waals surface area contributed by atoms with E-state index in [4.69, 9.17) is 0 Å². The van der Waals surface area contributed by atoms with Gasteiger partial charge in [0.1, 0.15) is 5.75 Å². The molecule has 2 aromatic heterocycles. The third-order valence-electron chi connectivity index (χ3n) is 5.10. The predicted molar refractivity (Wildman–Crippen MR) is 113 cm³/mol. The monoisotopic (exact) mass is 545 g/mol. The first kappa shape index (κ1) is 24.0. The number of hydrogen-bond donors (Lipinski definition) is 1. The van der Waals surface area contributed by atoms with Gasteiger partial charge in [-0.3, -0.25) is 4.79 Å². The second kappa shape index (κ2) is 9.28. The van der Waals surface area contributed by atoms with Gasteiger partial charge in [-0.2, -0.15) is 26.6 Å². The molecule has 1 atom stereocenters. The molecular formula is C21H17BrF5N5O2. The quantitative estimate of drug-likeness (QED) is 0.401. The summed E-state index contributed by atoms with van der Waals surface area (Å²) in [5.74, 6) is -0.430. The zero-order valence-corrected chi connectivity index (χ0v) is 19.1. The van der Waals surface area contributed by atoms with Gasteiger partial charge in [0.05, 0.1) is 17.8 Å². The first-order valence-corrected chi connectivity index (χ1v) is 10.9. The molecule has 13 heteroatoms. The zero-order chi connectivity index (χ0) is 24.6. The smallest absolute Gasteiger partial charge is 0.416 e. The number of halogens is 6. The Morgan fingerprint density at radius 2 is 1.97 bits per heavy atom. The second-order valence-corrected chi connectivity index (χ2v) is 8.40. The largest absolute Gasteiger partial charge is 0.433 e. The highest BCUT2D eigenvalue weighted by atomic mass is 79.9. The van der Waals surface area contributed by atoms with E-state index in [2.05, 4.69) is 41.1 Å². The van der Waals surface area contributed by atoms with Crippen molar-refractivity contribution in [3.63, 3.8) is 0 Å². The standard InChI is InChI=1S/C21H17BrF5N5O2/c1-10(17-30-19(22)31-32(17)16-5-4-15(9-28-16)34-20(23)24)29-18(33)13-6-12(11-2-3-11)7-14(8-13)21(25,26)27/h4-11,20H,2-3H2,1H3,(H,29,33). The van der Waals surface area contributed by atoms with Crippen molar-refractivity contribution in [3.05, 3.63) is 63.8 Å². The van der Waals surface area contributed by atoms with Crippen LogP contribution in [0.1, 0.15) is 59.0 Å². The van der Waals surface area contributed by atoms with Crippen molar-refractivity contribution in [2.45, 2.75) is 44.5 Å². The van der Waals surface area contributed by atoms with Crippen LogP contribution in [0.2, 0.25) is 0 Å². The third-order valence-corrected chi connectivity index (χ3v) is 5.43. The first-order chi connectivity index (χ1) is 16.0. The fraction of sp³-hybridized carbons (Fsp3) is 0.333. The van der Waals surface area contributed by atoms with Crippen LogP contribution in [0.5, 0.6) is 5.75 Å². The molecule has 180 valence electrons. The van der Waals surface area contributed by atoms with E-state index in [0.29, 0.717) is 5.56 Å². The number of ether oxygens (including phenoxy) is 1. The number of nitrogens with one attached hydrogen (secondary N) is 1. The minimum absolute atomic E-state index is 0.0217. The topological polar surface area (TPSA) is 81.9 Å². The molecule has 2 heterocycles. The van der Waals surface area contributed by atoms with E-state index < -0.39 is 30.3 Å². The van der Waals surface area contributed by atoms with E-state index >= 15 is 0 Å². The zero-order valence-electron chi connectivity index (χ0n) is 17.5. The molecule has 1 fully saturated rings. The molecule has 0 bridgehead atoms. The van der Waals surface area contributed by atoms with Crippen molar-refractivity contribution in [2.24, 2.45) is 0 Å². The molecule has 1 aliphatic rings. The Bertz CT molecular complexity index is 1200. The van der Waals surface area contributed by atoms with Crippen LogP contribution in [-0.2, 0) is 6.18 Å². The Hall–Kier alpha value is -3.09. The number of nitrogens with zero attached hydrogens (tertiary/aromatic N) is 4. The van der Waals surface area contributed by atoms with Crippen LogP contribution < -0.4 is 10.1 Å². The summed E-state index contributed by atoms with van der Waals surface area (Å²) in [5, 5.41) is 6.77. The Morgan fingerprint density at radius 3 is 2.56 bits per heavy atom. The van der Waals surface area contributed by atoms with Gasteiger partial charge in [-0.1, -0.05) is 0 Å². The van der Waals surface area contributed by atoms with E-state index in [1.54, 1.807) is 6.92 Å². The summed E-state index contributed by atoms with van der Waals surface area (Å²) < 4.78 is 70.4. The molecule has 1 aromatic carbocycles. The van der Waals surface area contributed by atoms with Gasteiger partial charge in [-0.15, -0.1) is 5.10 Å². The first-order valence-electron chi connectivity index (χ1n) is 10.1. The van der Waals surface area contributed by atoms with Crippen LogP contribution in [0.3, 0.4) is 0 Å². The van der Waals surface area contributed by atoms with E-state index in [0.717, 1.165) is 31.2 Å². The number of amides is 1. The van der Waals surface area contributed by atoms with Crippen LogP contribution in [0.25, 0.3) is 5.82 Å². The highest BCUT2D eigenvalue weighted by molar-refractivity contribution is 9.10. The predicted octanol–water partition coefficient (Wildman–Crippen LogP) is 5.41. The van der Waals surface area contributed by atoms with Gasteiger partial charge < -0.3 is 10.1 Å². The van der Waals surface area contributed by atoms with Crippen LogP contribution in [0.4, 0.5) is 22.0 Å². The van der Waals surface area contributed by atoms with Crippen molar-refractivity contribution in [1.82, 2.24) is 25.1 Å². The molecule has 0 spiro atoms. The molecule has 1 unspecified atom stereocenters. The number of carbonyl (C=O) groups is 1. The van der Waals surface area contributed by atoms with Crippen molar-refractivity contribution in [2.75, 3.05) is 0 Å². The Morgan fingerprint density at radius 1 is 1.24 bits per heavy atom. The highest BCUT2D eigenvalue weighted by Crippen LogP contribution is 2.42. The lowest BCUT2D eigenvalue weighted by atomic mass is 10.0. The summed E-state index contributed by atoms with van der Waals surface area (Å²) >= 11 is 3.14. The van der Waals surface area contributed by atoms with Gasteiger partial charge in [0.2, 0.25) is 4.73 Å². The molecular weight excluding hydrogens is 529 g/mol. The molecule has 1 aliphatic carbocycles. The fourth-order valence-electron chi connectivity index (χ4n) is 3.36. The lowest BCUT2D eigenvalue weighted by Gasteiger charge is -2.16. The number of hydrogen-bond acceptors (Lipinski definition) is 5. The minimum Gasteiger partial charge on any atom is -0.433 e. The van der Waals surface area contributed by atoms with Gasteiger partial charge in [0.15, 0.2) is 11.6 Å². The number of benzene rings is 1. The summed E-state index contributed by atoms with van der Waals surface area (Å²) in [7, 11) is 0. The molecule has 1 amide bonds. The maximum atomic E-state index is 13.3. The molecule has 1 saturated carbocycles. The van der Waals surface area contributed by atoms with Crippen molar-refractivity contribution >= 4 is 21.8 Å². The number of alkyl halides is 5. The molecule has 3 aromatic rings. The lowest BCUT2D eigenvalue weighted by Crippen LogP contribution is -2.29. The Labute approximate surface area is 198 Å². The average Bonchev–Trinajstić information content (AvgIpc) is 3.54. The SMILES string of the molecule is CC(NC(=O)c1cc(C2CC2)cc(C(F)(F)F)c1)c1nc(Br)nn1-c1ccc(OC(F)F)cn1. The summed E-state index contributed by atoms with van der Waals surface area (Å²) in [6, 6.07) is 5.21. The molecule has 0 saturated heterocycles. The fourth-order valence-corrected chi connectivity index (χ4v) is 3.70. The molecule has 7 nitrogen and oxygen atoms in total. The average molecular weight is 546 g/mol. The van der Waals surface area contributed by atoms with Crippen LogP contribution in [-0.4, -0.2) is 32.3 Å². The van der Waals surface area contributed by atoms with Crippen LogP contribution in [0, 0.1) is 0 Å². The summed E-state index contributed by atoms with van der Waals surface area (Å²) in [4.78, 5) is 21.1. The van der Waals surface area contributed by atoms with Crippen molar-refractivity contribution in [1.29, 1.82) is 0 Å². The van der Waals surface area contributed by atoms with Gasteiger partial charge in [-0.05, 0) is 77.5 Å². The van der Waals surface area contributed by atoms with Crippen molar-refractivity contribution in [3.8, 4) is 11.6 Å². The molecule has 0 radical (unpaired) electrons. The minimum atomic E-state index is -4.58. The molecule has 1 N–H and O–H groups in total. The maximum absolute atomic E-state index is 13.3. The normalized spacial score (nSPS) is 14.8.